The third kappa shape index (κ3) is 20.9. The van der Waals surface area contributed by atoms with Crippen molar-refractivity contribution in [3.05, 3.63) is 0 Å². The molecule has 0 aromatic heterocycles. The van der Waals surface area contributed by atoms with Crippen molar-refractivity contribution in [2.75, 3.05) is 39.6 Å². The highest BCUT2D eigenvalue weighted by Gasteiger charge is 2.55. The number of hydrogen-bond donors (Lipinski definition) is 22. The van der Waals surface area contributed by atoms with Crippen molar-refractivity contribution in [1.29, 1.82) is 0 Å². The molecule has 86 heavy (non-hydrogen) atoms. The zero-order chi connectivity index (χ0) is 63.2. The second-order valence-corrected chi connectivity index (χ2v) is 26.1. The van der Waals surface area contributed by atoms with Crippen molar-refractivity contribution in [3.8, 4) is 0 Å². The summed E-state index contributed by atoms with van der Waals surface area (Å²) in [5, 5.41) is 214. The molecule has 30 nitrogen and oxygen atoms in total. The van der Waals surface area contributed by atoms with Crippen LogP contribution >= 0.6 is 0 Å². The zero-order valence-corrected chi connectivity index (χ0v) is 48.7. The Morgan fingerprint density at radius 2 is 0.407 bits per heavy atom. The lowest BCUT2D eigenvalue weighted by molar-refractivity contribution is -0.345. The molecule has 0 amide bonds. The highest BCUT2D eigenvalue weighted by molar-refractivity contribution is 5.02. The van der Waals surface area contributed by atoms with Crippen molar-refractivity contribution in [2.24, 2.45) is 21.7 Å². The molecule has 12 unspecified atom stereocenters. The minimum atomic E-state index is -1.67. The third-order valence-electron chi connectivity index (χ3n) is 15.2. The van der Waals surface area contributed by atoms with Gasteiger partial charge in [-0.1, -0.05) is 113 Å². The van der Waals surface area contributed by atoms with Crippen LogP contribution in [0.15, 0.2) is 0 Å². The SMILES string of the molecule is C.C.C.C.CC(C)(C)[C@@H]1OC(CO)[C@@H](O)[C@H](O)C1O.CC(C)(C)[C@@H]1OC(CO)[C@@H](O[C@@H]2OC(CO)[C@H](O)[C@H](O)C2O)[C@H](O)C1O.CC(C)(C)[C@@H]1OC(CO)[C@@H](O[C@H]2OC(CO)[C@@H](O)[C@H](O)C2O)[C@H](O)C1O.CC(C)(C)[C@@H]1OC(CO)[C@H](O)[C@H](O)C1O. The highest BCUT2D eigenvalue weighted by Crippen LogP contribution is 2.39. The average molecular weight is 1270 g/mol. The van der Waals surface area contributed by atoms with Crippen molar-refractivity contribution in [2.45, 2.75) is 296 Å². The number of aliphatic hydroxyl groups excluding tert-OH is 22. The predicted octanol–water partition coefficient (Wildman–Crippen LogP) is -6.31. The van der Waals surface area contributed by atoms with Crippen LogP contribution in [0.4, 0.5) is 0 Å². The fraction of sp³-hybridized carbons (Fsp3) is 1.00. The summed E-state index contributed by atoms with van der Waals surface area (Å²) < 4.78 is 43.6. The van der Waals surface area contributed by atoms with E-state index in [0.29, 0.717) is 0 Å². The molecule has 6 fully saturated rings. The van der Waals surface area contributed by atoms with E-state index in [1.54, 1.807) is 41.5 Å². The van der Waals surface area contributed by atoms with Crippen LogP contribution in [0.2, 0.25) is 0 Å². The first-order valence-electron chi connectivity index (χ1n) is 27.4. The summed E-state index contributed by atoms with van der Waals surface area (Å²) in [4.78, 5) is 0. The van der Waals surface area contributed by atoms with Gasteiger partial charge in [-0.15, -0.1) is 0 Å². The molecule has 30 heteroatoms. The Bertz CT molecular complexity index is 1690. The highest BCUT2D eigenvalue weighted by atomic mass is 16.7. The van der Waals surface area contributed by atoms with E-state index in [4.69, 9.17) is 48.1 Å². The van der Waals surface area contributed by atoms with Crippen LogP contribution in [-0.2, 0) is 37.9 Å². The molecule has 0 saturated carbocycles. The minimum Gasteiger partial charge on any atom is -0.394 e. The van der Waals surface area contributed by atoms with Gasteiger partial charge >= 0.3 is 0 Å². The lowest BCUT2D eigenvalue weighted by Gasteiger charge is -2.48. The van der Waals surface area contributed by atoms with Gasteiger partial charge in [-0.2, -0.15) is 0 Å². The summed E-state index contributed by atoms with van der Waals surface area (Å²) in [7, 11) is 0. The third-order valence-corrected chi connectivity index (χ3v) is 15.2. The van der Waals surface area contributed by atoms with Crippen LogP contribution in [0.1, 0.15) is 113 Å². The first kappa shape index (κ1) is 86.9. The van der Waals surface area contributed by atoms with Crippen LogP contribution in [-0.4, -0.2) is 335 Å². The molecule has 0 aromatic rings. The van der Waals surface area contributed by atoms with Crippen molar-refractivity contribution < 1.29 is 150 Å². The Hall–Kier alpha value is -1.20. The smallest absolute Gasteiger partial charge is 0.187 e. The van der Waals surface area contributed by atoms with Crippen LogP contribution in [0.5, 0.6) is 0 Å². The number of aliphatic hydroxyl groups is 22. The van der Waals surface area contributed by atoms with Crippen molar-refractivity contribution in [3.63, 3.8) is 0 Å². The first-order chi connectivity index (χ1) is 37.6. The Balaban J connectivity index is 0. The molecular formula is C56H116O30. The van der Waals surface area contributed by atoms with Gasteiger partial charge in [0.15, 0.2) is 12.6 Å². The average Bonchev–Trinajstić information content (AvgIpc) is 2.10. The summed E-state index contributed by atoms with van der Waals surface area (Å²) in [5.74, 6) is 0. The Kier molecular flexibility index (Phi) is 36.1. The van der Waals surface area contributed by atoms with E-state index in [-0.39, 0.29) is 53.8 Å². The van der Waals surface area contributed by atoms with Gasteiger partial charge in [0.05, 0.1) is 64.1 Å². The molecule has 22 N–H and O–H groups in total. The van der Waals surface area contributed by atoms with Gasteiger partial charge in [0.1, 0.15) is 146 Å². The predicted molar refractivity (Wildman–Crippen MR) is 305 cm³/mol. The maximum atomic E-state index is 10.5. The summed E-state index contributed by atoms with van der Waals surface area (Å²) in [6, 6.07) is 0. The summed E-state index contributed by atoms with van der Waals surface area (Å²) in [5.41, 5.74) is -1.79. The molecule has 6 aliphatic heterocycles. The summed E-state index contributed by atoms with van der Waals surface area (Å²) >= 11 is 0. The topological polar surface area (TPSA) is 519 Å². The molecule has 0 bridgehead atoms. The quantitative estimate of drug-likeness (QED) is 0.0967. The van der Waals surface area contributed by atoms with E-state index in [2.05, 4.69) is 0 Å². The first-order valence-corrected chi connectivity index (χ1v) is 27.4. The standard InChI is InChI=1S/2C16H30O10.2C10H20O5.4CH4/c2*1-16(2,3)14-11(22)10(21)13(7(5-18)24-14)26-15-12(23)9(20)8(19)6(4-17)25-15;2*1-10(2,3)9-8(14)7(13)6(12)5(4-11)15-9;;;;/h2*6-15,17-23H,4-5H2,1-3H3;2*5-9,11-14H,4H2,1-3H3;4*1H4/t6?,7?,8-,9+,10-,11?,12?,13-,14-,15-;6?,7?,8-,9-,10+,11?,12?,13+,14+,15-;5?,6-,7+,8?,9-;5?,6-,7-,8?,9+;;;;/m1010..../s1. The maximum Gasteiger partial charge on any atom is 0.187 e. The molecule has 0 spiro atoms. The Labute approximate surface area is 506 Å². The molecule has 6 heterocycles. The van der Waals surface area contributed by atoms with Crippen LogP contribution in [0, 0.1) is 21.7 Å². The van der Waals surface area contributed by atoms with Gasteiger partial charge in [-0.3, -0.25) is 0 Å². The molecule has 6 saturated heterocycles. The van der Waals surface area contributed by atoms with E-state index in [1.807, 2.05) is 41.5 Å². The summed E-state index contributed by atoms with van der Waals surface area (Å²) in [6.45, 7) is 18.9. The lowest BCUT2D eigenvalue weighted by Crippen LogP contribution is -2.65. The number of hydrogen-bond acceptors (Lipinski definition) is 30. The molecule has 0 aromatic carbocycles. The minimum absolute atomic E-state index is 0. The van der Waals surface area contributed by atoms with Crippen LogP contribution < -0.4 is 0 Å². The van der Waals surface area contributed by atoms with Crippen LogP contribution in [0.3, 0.4) is 0 Å². The molecule has 0 aliphatic carbocycles. The van der Waals surface area contributed by atoms with E-state index >= 15 is 0 Å². The molecule has 6 aliphatic rings. The van der Waals surface area contributed by atoms with Gasteiger partial charge in [-0.05, 0) is 21.7 Å². The second-order valence-electron chi connectivity index (χ2n) is 26.1. The van der Waals surface area contributed by atoms with Gasteiger partial charge in [0.25, 0.3) is 0 Å². The monoisotopic (exact) mass is 1270 g/mol. The van der Waals surface area contributed by atoms with E-state index in [1.165, 1.54) is 0 Å². The fourth-order valence-corrected chi connectivity index (χ4v) is 10.2. The Morgan fingerprint density at radius 3 is 0.605 bits per heavy atom. The molecule has 6 rings (SSSR count). The summed E-state index contributed by atoms with van der Waals surface area (Å²) in [6.07, 6.45) is -37.0. The van der Waals surface area contributed by atoms with E-state index < -0.39 is 221 Å². The van der Waals surface area contributed by atoms with E-state index in [0.717, 1.165) is 0 Å². The van der Waals surface area contributed by atoms with Gasteiger partial charge in [-0.25, -0.2) is 0 Å². The lowest BCUT2D eigenvalue weighted by atomic mass is 9.80. The normalized spacial score (nSPS) is 43.9. The fourth-order valence-electron chi connectivity index (χ4n) is 10.2. The molecule has 520 valence electrons. The van der Waals surface area contributed by atoms with Gasteiger partial charge in [0, 0.05) is 0 Å². The molecule has 30 atom stereocenters. The number of rotatable bonds is 10. The Morgan fingerprint density at radius 1 is 0.233 bits per heavy atom. The molecular weight excluding hydrogens is 1150 g/mol. The zero-order valence-electron chi connectivity index (χ0n) is 48.7. The van der Waals surface area contributed by atoms with Gasteiger partial charge < -0.3 is 150 Å². The van der Waals surface area contributed by atoms with Crippen molar-refractivity contribution >= 4 is 0 Å². The largest absolute Gasteiger partial charge is 0.394 e. The van der Waals surface area contributed by atoms with E-state index in [9.17, 15) is 102 Å². The number of ether oxygens (including phenoxy) is 8. The second kappa shape index (κ2) is 35.7. The van der Waals surface area contributed by atoms with Crippen LogP contribution in [0.25, 0.3) is 0 Å². The van der Waals surface area contributed by atoms with Gasteiger partial charge in [0.2, 0.25) is 0 Å². The maximum absolute atomic E-state index is 10.5. The van der Waals surface area contributed by atoms with Crippen molar-refractivity contribution in [1.82, 2.24) is 0 Å². The molecule has 0 radical (unpaired) electrons.